The third-order valence-corrected chi connectivity index (χ3v) is 39.0. The zero-order valence-corrected chi connectivity index (χ0v) is 91.2. The Morgan fingerprint density at radius 2 is 0.750 bits per heavy atom. The van der Waals surface area contributed by atoms with E-state index < -0.39 is 0 Å². The van der Waals surface area contributed by atoms with E-state index in [1.54, 1.807) is 0 Å². The zero-order valence-electron chi connectivity index (χ0n) is 91.2. The molecule has 9 heteroatoms. The lowest BCUT2D eigenvalue weighted by atomic mass is 9.33. The average molecular weight is 1890 g/mol. The van der Waals surface area contributed by atoms with Gasteiger partial charge in [-0.3, -0.25) is 9.80 Å². The van der Waals surface area contributed by atoms with Crippen molar-refractivity contribution < 1.29 is 8.83 Å². The van der Waals surface area contributed by atoms with Crippen LogP contribution >= 0.6 is 0 Å². The number of aryl methyl sites for hydroxylation is 3. The lowest BCUT2D eigenvalue weighted by molar-refractivity contribution is 0.332. The Balaban J connectivity index is 0.663. The van der Waals surface area contributed by atoms with E-state index in [9.17, 15) is 0 Å². The van der Waals surface area contributed by atoms with Crippen molar-refractivity contribution in [2.45, 2.75) is 335 Å². The van der Waals surface area contributed by atoms with Gasteiger partial charge < -0.3 is 23.5 Å². The molecule has 2 fully saturated rings. The van der Waals surface area contributed by atoms with E-state index in [0.29, 0.717) is 5.92 Å². The first-order valence-electron chi connectivity index (χ1n) is 54.4. The van der Waals surface area contributed by atoms with Crippen LogP contribution in [0.2, 0.25) is 0 Å². The molecule has 5 aliphatic heterocycles. The number of rotatable bonds is 7. The fourth-order valence-corrected chi connectivity index (χ4v) is 30.5. The summed E-state index contributed by atoms with van der Waals surface area (Å²) in [6.07, 6.45) is 11.2. The first kappa shape index (κ1) is 92.0. The number of furan rings is 2. The van der Waals surface area contributed by atoms with Crippen LogP contribution in [-0.2, 0) is 76.8 Å². The molecule has 144 heavy (non-hydrogen) atoms. The Kier molecular flexibility index (Phi) is 18.9. The van der Waals surface area contributed by atoms with E-state index in [-0.39, 0.29) is 83.8 Å². The minimum Gasteiger partial charge on any atom is -0.440 e. The fourth-order valence-electron chi connectivity index (χ4n) is 30.5. The lowest BCUT2D eigenvalue weighted by Gasteiger charge is -2.45. The van der Waals surface area contributed by atoms with Gasteiger partial charge in [0.1, 0.15) is 11.2 Å². The van der Waals surface area contributed by atoms with Gasteiger partial charge in [-0.25, -0.2) is 0 Å². The quantitative estimate of drug-likeness (QED) is 0.147. The summed E-state index contributed by atoms with van der Waals surface area (Å²) in [4.78, 5) is 13.2. The zero-order chi connectivity index (χ0) is 101. The van der Waals surface area contributed by atoms with Gasteiger partial charge in [0.2, 0.25) is 11.8 Å². The smallest absolute Gasteiger partial charge is 0.257 e. The van der Waals surface area contributed by atoms with Crippen LogP contribution in [0.5, 0.6) is 0 Å². The van der Waals surface area contributed by atoms with Gasteiger partial charge in [-0.1, -0.05) is 277 Å². The first-order valence-corrected chi connectivity index (χ1v) is 54.4. The number of anilines is 15. The molecule has 13 aromatic carbocycles. The Hall–Kier alpha value is -11.9. The molecule has 5 unspecified atom stereocenters. The topological polar surface area (TPSA) is 42.5 Å². The first-order chi connectivity index (χ1) is 67.7. The van der Waals surface area contributed by atoms with Crippen molar-refractivity contribution in [3.63, 3.8) is 0 Å². The van der Waals surface area contributed by atoms with Gasteiger partial charge >= 0.3 is 0 Å². The summed E-state index contributed by atoms with van der Waals surface area (Å²) in [5.41, 5.74) is 51.4. The summed E-state index contributed by atoms with van der Waals surface area (Å²) in [6, 6.07) is 91.9. The molecule has 7 heterocycles. The molecule has 2 saturated carbocycles. The second kappa shape index (κ2) is 29.5. The van der Waals surface area contributed by atoms with Crippen molar-refractivity contribution in [1.29, 1.82) is 0 Å². The van der Waals surface area contributed by atoms with Crippen molar-refractivity contribution in [2.24, 2.45) is 5.92 Å². The number of para-hydroxylation sites is 1. The molecule has 0 amide bonds. The molecule has 26 rings (SSSR count). The molecule has 10 bridgehead atoms. The van der Waals surface area contributed by atoms with Gasteiger partial charge in [-0.2, -0.15) is 0 Å². The second-order valence-electron chi connectivity index (χ2n) is 55.3. The van der Waals surface area contributed by atoms with E-state index >= 15 is 0 Å². The molecule has 2 aromatic heterocycles. The van der Waals surface area contributed by atoms with Crippen molar-refractivity contribution >= 4 is 154 Å². The maximum Gasteiger partial charge on any atom is 0.257 e. The van der Waals surface area contributed by atoms with Gasteiger partial charge in [0.15, 0.2) is 0 Å². The molecule has 7 nitrogen and oxygen atoms in total. The maximum absolute atomic E-state index is 8.19. The molecule has 728 valence electrons. The summed E-state index contributed by atoms with van der Waals surface area (Å²) in [7, 11) is 0. The number of benzene rings is 13. The molecule has 0 N–H and O–H groups in total. The van der Waals surface area contributed by atoms with Crippen molar-refractivity contribution in [3.8, 4) is 11.1 Å². The Bertz CT molecular complexity index is 8130. The molecule has 6 aliphatic carbocycles. The van der Waals surface area contributed by atoms with Crippen LogP contribution in [0.3, 0.4) is 0 Å². The average Bonchev–Trinajstić information content (AvgIpc) is 1.50. The summed E-state index contributed by atoms with van der Waals surface area (Å²) in [5, 5.41) is 2.48. The number of fused-ring (bicyclic) bond motifs is 31. The molecule has 0 spiro atoms. The summed E-state index contributed by atoms with van der Waals surface area (Å²) >= 11 is 0. The van der Waals surface area contributed by atoms with Crippen LogP contribution in [0.15, 0.2) is 233 Å². The number of hydrogen-bond donors (Lipinski definition) is 0. The van der Waals surface area contributed by atoms with E-state index in [4.69, 9.17) is 8.83 Å². The van der Waals surface area contributed by atoms with Crippen LogP contribution < -0.4 is 57.3 Å². The fraction of sp³-hybridized carbons (Fsp3) is 0.393. The summed E-state index contributed by atoms with van der Waals surface area (Å²) < 4.78 is 16.2. The highest BCUT2D eigenvalue weighted by Crippen LogP contribution is 2.67. The van der Waals surface area contributed by atoms with Crippen LogP contribution in [0.4, 0.5) is 85.7 Å². The maximum atomic E-state index is 8.19. The van der Waals surface area contributed by atoms with Crippen LogP contribution in [-0.4, -0.2) is 13.4 Å². The normalized spacial score (nSPS) is 22.5. The van der Waals surface area contributed by atoms with Gasteiger partial charge in [-0.15, -0.1) is 0 Å². The summed E-state index contributed by atoms with van der Waals surface area (Å²) in [5.74, 6) is 2.22. The van der Waals surface area contributed by atoms with Crippen LogP contribution in [0.25, 0.3) is 33.1 Å². The molecule has 0 radical (unpaired) electrons. The van der Waals surface area contributed by atoms with Crippen LogP contribution in [0.1, 0.15) is 338 Å². The van der Waals surface area contributed by atoms with Crippen molar-refractivity contribution in [3.05, 3.63) is 325 Å². The summed E-state index contributed by atoms with van der Waals surface area (Å²) in [6.45, 7) is 70.6. The van der Waals surface area contributed by atoms with Crippen molar-refractivity contribution in [1.82, 2.24) is 0 Å². The van der Waals surface area contributed by atoms with Gasteiger partial charge in [0, 0.05) is 95.4 Å². The molecule has 0 saturated heterocycles. The molecule has 11 aliphatic rings. The highest BCUT2D eigenvalue weighted by molar-refractivity contribution is 7.02. The van der Waals surface area contributed by atoms with Gasteiger partial charge in [-0.05, 0) is 416 Å². The molecular weight excluding hydrogens is 1750 g/mol. The lowest BCUT2D eigenvalue weighted by Crippen LogP contribution is -2.61. The minimum absolute atomic E-state index is 0.00560. The Labute approximate surface area is 858 Å². The number of hydrogen-bond acceptors (Lipinski definition) is 7. The molecule has 15 aromatic rings. The Morgan fingerprint density at radius 1 is 0.306 bits per heavy atom. The standard InChI is InChI=1S/C135H145B2N5O2/c1-77-56-82(123(4,5)6)38-45-107(77)142-109-47-40-84(125(10,11)12)65-106(109)137-117-95-70-101-102(133(27)53-52-132(101,26)75-133)72-114(95)143-121(117)140(91-41-43-97-99(66-91)129(20,21)50-48-127(97,16)17)110-58-81(59-111(142)119(110)137)116-78(2)54-80(55-79(116)3)57-88-74-134(28)76-135(88,29)104-71-96-115(73-103(104)134)144-122-118(96)136-105-64-83(124(7,8)9)39-46-108(105)139-93-62-86(126(13,14)15)60-87(63-93)131(24,25)85-34-33-37-90(61-85)138(89-35-31-30-32-36-89)94-68-112(139)120(136)113(69-94)141(122)92-42-44-98-100(67-92)130(22,23)51-49-128(98,18)19/h30-47,54-56,58-73,88H,48-53,57,74-76H2,1-29H3. The minimum atomic E-state index is -0.382. The highest BCUT2D eigenvalue weighted by Gasteiger charge is 2.61. The monoisotopic (exact) mass is 1890 g/mol. The number of nitrogens with zero attached hydrogens (tertiary/aromatic N) is 5. The third kappa shape index (κ3) is 13.1. The Morgan fingerprint density at radius 3 is 1.28 bits per heavy atom. The highest BCUT2D eigenvalue weighted by atomic mass is 16.4. The van der Waals surface area contributed by atoms with E-state index in [2.05, 4.69) is 450 Å². The predicted molar refractivity (Wildman–Crippen MR) is 612 cm³/mol. The van der Waals surface area contributed by atoms with E-state index in [1.165, 1.54) is 214 Å². The largest absolute Gasteiger partial charge is 0.440 e. The second-order valence-corrected chi connectivity index (χ2v) is 55.3. The van der Waals surface area contributed by atoms with E-state index in [1.807, 2.05) is 0 Å². The van der Waals surface area contributed by atoms with Crippen LogP contribution in [0, 0.1) is 26.7 Å². The SMILES string of the molecule is Cc1cc(C(C)(C)C)ccc1N1c2ccc(C(C)(C)C)cc2B2c3c1cc(-c1c(C)cc(CC4CC5(C)CC4(C)c4cc6c7c(oc6cc45)N(c4ccc5c(c4)C(C)(C)CCC5(C)C)c4cc5cc6c4B7c4cc(C(C)(C)C)ccc4N6c4cc(C(C)(C)C)cc(c4)C(C)(C)c4cccc(c4)N5c4ccccc4)cc1C)cc3N(c1ccc3c(c1)C(C)(C)CCC3(C)C)c1oc3cc4c(cc3c12)C1(C)CCC4(C)C1. The van der Waals surface area contributed by atoms with Crippen molar-refractivity contribution in [2.75, 3.05) is 24.5 Å². The van der Waals surface area contributed by atoms with Gasteiger partial charge in [0.05, 0.1) is 5.69 Å². The van der Waals surface area contributed by atoms with Gasteiger partial charge in [0.25, 0.3) is 13.4 Å². The molecule has 5 atom stereocenters. The predicted octanol–water partition coefficient (Wildman–Crippen LogP) is 32.8. The molecular formula is C135H145B2N5O2. The van der Waals surface area contributed by atoms with E-state index in [0.717, 1.165) is 102 Å². The third-order valence-electron chi connectivity index (χ3n) is 39.0.